The number of carboxylic acid groups (broad SMARTS) is 2. The Morgan fingerprint density at radius 1 is 0.952 bits per heavy atom. The first-order valence-corrected chi connectivity index (χ1v) is 21.7. The quantitative estimate of drug-likeness (QED) is 0.0441. The summed E-state index contributed by atoms with van der Waals surface area (Å²) in [5.74, 6) is -2.19. The molecule has 3 aliphatic rings. The number of aromatic amines is 1. The Hall–Kier alpha value is -6.72. The number of hydrogen-bond donors (Lipinski definition) is 4. The highest BCUT2D eigenvalue weighted by Gasteiger charge is 2.38. The van der Waals surface area contributed by atoms with Gasteiger partial charge in [0.25, 0.3) is 0 Å². The molecule has 1 aliphatic carbocycles. The van der Waals surface area contributed by atoms with Crippen LogP contribution in [0.25, 0.3) is 27.6 Å². The molecule has 0 spiro atoms. The number of benzene rings is 3. The van der Waals surface area contributed by atoms with Gasteiger partial charge in [-0.3, -0.25) is 9.59 Å². The van der Waals surface area contributed by atoms with Crippen molar-refractivity contribution in [1.82, 2.24) is 9.88 Å². The van der Waals surface area contributed by atoms with Gasteiger partial charge in [0, 0.05) is 35.4 Å². The second-order valence-corrected chi connectivity index (χ2v) is 17.3. The molecule has 2 unspecified atom stereocenters. The average Bonchev–Trinajstić information content (AvgIpc) is 3.95. The Balaban J connectivity index is 1.28. The molecule has 62 heavy (non-hydrogen) atoms. The smallest absolute Gasteiger partial charge is 0.342 e. The van der Waals surface area contributed by atoms with E-state index in [4.69, 9.17) is 16.3 Å². The molecule has 14 heteroatoms. The van der Waals surface area contributed by atoms with Gasteiger partial charge in [-0.1, -0.05) is 81.4 Å². The number of ether oxygens (including phenoxy) is 1. The Morgan fingerprint density at radius 2 is 1.58 bits per heavy atom. The van der Waals surface area contributed by atoms with E-state index in [2.05, 4.69) is 35.9 Å². The molecule has 3 heterocycles. The predicted octanol–water partition coefficient (Wildman–Crippen LogP) is 9.52. The zero-order valence-corrected chi connectivity index (χ0v) is 35.5. The van der Waals surface area contributed by atoms with Crippen molar-refractivity contribution in [2.45, 2.75) is 70.3 Å². The van der Waals surface area contributed by atoms with Gasteiger partial charge in [-0.2, -0.15) is 0 Å². The van der Waals surface area contributed by atoms with Gasteiger partial charge in [0.2, 0.25) is 17.5 Å². The summed E-state index contributed by atoms with van der Waals surface area (Å²) in [4.78, 5) is 79.0. The van der Waals surface area contributed by atoms with Crippen molar-refractivity contribution < 1.29 is 38.9 Å². The van der Waals surface area contributed by atoms with Crippen LogP contribution in [0.2, 0.25) is 0 Å². The third-order valence-corrected chi connectivity index (χ3v) is 12.5. The van der Waals surface area contributed by atoms with Gasteiger partial charge < -0.3 is 30.2 Å². The van der Waals surface area contributed by atoms with E-state index >= 15 is 0 Å². The number of amidine groups is 1. The molecule has 2 amide bonds. The van der Waals surface area contributed by atoms with Gasteiger partial charge in [-0.15, -0.1) is 11.8 Å². The highest BCUT2D eigenvalue weighted by molar-refractivity contribution is 7.99. The number of amides is 2. The average molecular weight is 854 g/mol. The number of aromatic nitrogens is 1. The van der Waals surface area contributed by atoms with Crippen molar-refractivity contribution in [2.24, 2.45) is 22.7 Å². The number of anilines is 1. The van der Waals surface area contributed by atoms with Gasteiger partial charge in [-0.05, 0) is 84.6 Å². The highest BCUT2D eigenvalue weighted by atomic mass is 32.2. The van der Waals surface area contributed by atoms with Gasteiger partial charge in [0.05, 0.1) is 29.1 Å². The van der Waals surface area contributed by atoms with E-state index in [9.17, 15) is 34.2 Å². The molecule has 1 saturated carbocycles. The number of hydrogen-bond acceptors (Lipinski definition) is 8. The molecule has 0 bridgehead atoms. The number of aromatic carboxylic acids is 2. The van der Waals surface area contributed by atoms with Crippen LogP contribution >= 0.6 is 11.8 Å². The van der Waals surface area contributed by atoms with Crippen molar-refractivity contribution in [2.75, 3.05) is 17.6 Å². The van der Waals surface area contributed by atoms with E-state index in [1.807, 2.05) is 60.7 Å². The summed E-state index contributed by atoms with van der Waals surface area (Å²) in [5, 5.41) is 21.9. The van der Waals surface area contributed by atoms with Crippen molar-refractivity contribution in [3.63, 3.8) is 0 Å². The van der Waals surface area contributed by atoms with E-state index in [1.165, 1.54) is 23.9 Å². The number of allylic oxidation sites excluding steroid dienone is 1. The van der Waals surface area contributed by atoms with Crippen LogP contribution in [-0.2, 0) is 14.3 Å². The molecule has 2 aliphatic heterocycles. The number of thioether (sulfide) groups is 1. The maximum absolute atomic E-state index is 14.7. The van der Waals surface area contributed by atoms with Crippen LogP contribution in [0.4, 0.5) is 5.82 Å². The van der Waals surface area contributed by atoms with Gasteiger partial charge in [0.1, 0.15) is 23.3 Å². The molecule has 4 aromatic rings. The molecule has 1 saturated heterocycles. The van der Waals surface area contributed by atoms with Crippen LogP contribution in [-0.4, -0.2) is 74.1 Å². The predicted molar refractivity (Wildman–Crippen MR) is 237 cm³/mol. The topological polar surface area (TPSA) is 183 Å². The number of likely N-dealkylation sites (tertiary alicyclic amines) is 1. The standard InChI is InChI=1S/C48H47N5O8S/c1-27-21-28(2)43(29(3)22-27)61-48(60)41-39(30-13-7-5-8-14-30)35(26-36-40(31-15-9-6-10-16-31)42(49-4)45(51-36)53-19-11-18-38(53)55)50-44(41)52-37(54)17-12-20-62-34-24-32(46(56)57)23-33(25-34)47(58)59/h5-10,13-16,23-29,43,50H,11-12,17-22H2,1-3H3,(H,52,54)(H,56,57)(H,58,59). The lowest BCUT2D eigenvalue weighted by molar-refractivity contribution is -0.124. The molecular weight excluding hydrogens is 807 g/mol. The third kappa shape index (κ3) is 9.43. The molecule has 318 valence electrons. The van der Waals surface area contributed by atoms with Gasteiger partial charge in [-0.25, -0.2) is 24.2 Å². The fourth-order valence-electron chi connectivity index (χ4n) is 8.75. The highest BCUT2D eigenvalue weighted by Crippen LogP contribution is 2.42. The van der Waals surface area contributed by atoms with Crippen molar-refractivity contribution in [3.8, 4) is 11.1 Å². The normalized spacial score (nSPS) is 20.5. The molecule has 2 fully saturated rings. The lowest BCUT2D eigenvalue weighted by Crippen LogP contribution is -2.37. The molecule has 2 atom stereocenters. The minimum atomic E-state index is -1.25. The summed E-state index contributed by atoms with van der Waals surface area (Å²) in [6, 6.07) is 22.5. The molecule has 7 rings (SSSR count). The summed E-state index contributed by atoms with van der Waals surface area (Å²) in [6.07, 6.45) is 4.53. The molecular formula is C48H47N5O8S. The number of carbonyl (C=O) groups excluding carboxylic acids is 3. The van der Waals surface area contributed by atoms with Crippen molar-refractivity contribution >= 4 is 64.8 Å². The lowest BCUT2D eigenvalue weighted by Gasteiger charge is -2.37. The second-order valence-electron chi connectivity index (χ2n) is 16.1. The van der Waals surface area contributed by atoms with E-state index in [0.717, 1.165) is 24.5 Å². The SMILES string of the molecule is [C-]#[N+]C1=C(c2ccccc2)C(=Cc2[nH]c(NC(=O)CCCSc3cc(C(=O)O)cc(C(=O)O)c3)c(C(=O)OC3C(C)CC(C)CC3C)c2-c2ccccc2)N=C1N1CCCC1=O. The molecule has 13 nitrogen and oxygen atoms in total. The third-order valence-electron chi connectivity index (χ3n) is 11.4. The molecule has 0 radical (unpaired) electrons. The Kier molecular flexibility index (Phi) is 13.2. The minimum Gasteiger partial charge on any atom is -0.478 e. The summed E-state index contributed by atoms with van der Waals surface area (Å²) in [7, 11) is 0. The lowest BCUT2D eigenvalue weighted by atomic mass is 9.75. The first-order valence-electron chi connectivity index (χ1n) is 20.7. The van der Waals surface area contributed by atoms with Crippen LogP contribution < -0.4 is 5.32 Å². The van der Waals surface area contributed by atoms with Crippen LogP contribution in [0.3, 0.4) is 0 Å². The molecule has 3 aromatic carbocycles. The van der Waals surface area contributed by atoms with Crippen LogP contribution in [0.15, 0.2) is 100 Å². The van der Waals surface area contributed by atoms with Gasteiger partial charge in [0.15, 0.2) is 0 Å². The maximum atomic E-state index is 14.7. The number of esters is 1. The summed E-state index contributed by atoms with van der Waals surface area (Å²) >= 11 is 1.23. The minimum absolute atomic E-state index is 0.0172. The first-order chi connectivity index (χ1) is 29.8. The summed E-state index contributed by atoms with van der Waals surface area (Å²) in [6.45, 7) is 15.1. The maximum Gasteiger partial charge on any atom is 0.342 e. The Bertz CT molecular complexity index is 2510. The Labute approximate surface area is 363 Å². The number of H-pyrrole nitrogens is 1. The van der Waals surface area contributed by atoms with Gasteiger partial charge >= 0.3 is 17.9 Å². The zero-order valence-electron chi connectivity index (χ0n) is 34.6. The van der Waals surface area contributed by atoms with Crippen molar-refractivity contribution in [3.05, 3.63) is 130 Å². The zero-order chi connectivity index (χ0) is 44.1. The van der Waals surface area contributed by atoms with Crippen LogP contribution in [0.5, 0.6) is 0 Å². The van der Waals surface area contributed by atoms with Crippen LogP contribution in [0, 0.1) is 24.3 Å². The Morgan fingerprint density at radius 3 is 2.16 bits per heavy atom. The van der Waals surface area contributed by atoms with Crippen LogP contribution in [0.1, 0.15) is 102 Å². The number of carbonyl (C=O) groups is 5. The first kappa shape index (κ1) is 43.4. The van der Waals surface area contributed by atoms with E-state index in [1.54, 1.807) is 11.0 Å². The van der Waals surface area contributed by atoms with Crippen molar-refractivity contribution in [1.29, 1.82) is 0 Å². The number of carboxylic acids is 2. The monoisotopic (exact) mass is 853 g/mol. The second kappa shape index (κ2) is 18.9. The fraction of sp³-hybridized carbons (Fsp3) is 0.312. The molecule has 1 aromatic heterocycles. The van der Waals surface area contributed by atoms with E-state index in [0.29, 0.717) is 70.5 Å². The summed E-state index contributed by atoms with van der Waals surface area (Å²) < 4.78 is 6.40. The molecule has 4 N–H and O–H groups in total. The summed E-state index contributed by atoms with van der Waals surface area (Å²) in [5.41, 5.74) is 3.25. The number of nitrogens with zero attached hydrogens (tertiary/aromatic N) is 3. The van der Waals surface area contributed by atoms with E-state index in [-0.39, 0.29) is 64.3 Å². The fourth-order valence-corrected chi connectivity index (χ4v) is 9.69. The van der Waals surface area contributed by atoms with E-state index < -0.39 is 23.8 Å². The largest absolute Gasteiger partial charge is 0.478 e. The number of rotatable bonds is 13. The number of nitrogens with one attached hydrogen (secondary N) is 2. The number of aliphatic imine (C=N–C) groups is 1.